The van der Waals surface area contributed by atoms with Gasteiger partial charge < -0.3 is 24.3 Å². The molecule has 0 spiro atoms. The molecule has 0 atom stereocenters. The van der Waals surface area contributed by atoms with Gasteiger partial charge in [-0.05, 0) is 61.7 Å². The zero-order valence-electron chi connectivity index (χ0n) is 29.6. The van der Waals surface area contributed by atoms with Crippen LogP contribution in [0.1, 0.15) is 58.0 Å². The van der Waals surface area contributed by atoms with E-state index in [1.807, 2.05) is 4.57 Å². The van der Waals surface area contributed by atoms with Crippen molar-refractivity contribution in [3.63, 3.8) is 0 Å². The van der Waals surface area contributed by atoms with Gasteiger partial charge in [0, 0.05) is 43.3 Å². The van der Waals surface area contributed by atoms with Crippen LogP contribution >= 0.6 is 0 Å². The Bertz CT molecular complexity index is 2240. The Morgan fingerprint density at radius 3 is 2.25 bits per heavy atom. The zero-order chi connectivity index (χ0) is 37.9. The lowest BCUT2D eigenvalue weighted by Crippen LogP contribution is -2.38. The van der Waals surface area contributed by atoms with Crippen LogP contribution in [0.4, 0.5) is 0 Å². The van der Waals surface area contributed by atoms with Gasteiger partial charge in [0.25, 0.3) is 27.8 Å². The second kappa shape index (κ2) is 15.6. The van der Waals surface area contributed by atoms with Crippen molar-refractivity contribution in [1.29, 1.82) is 0 Å². The van der Waals surface area contributed by atoms with Gasteiger partial charge in [0.1, 0.15) is 24.7 Å². The number of carbonyl (C=O) groups is 4. The number of hydrogen-bond acceptors (Lipinski definition) is 10. The van der Waals surface area contributed by atoms with E-state index in [0.29, 0.717) is 75.6 Å². The molecule has 2 aliphatic heterocycles. The van der Waals surface area contributed by atoms with Crippen molar-refractivity contribution < 1.29 is 55.7 Å². The Morgan fingerprint density at radius 2 is 1.58 bits per heavy atom. The van der Waals surface area contributed by atoms with E-state index in [0.717, 1.165) is 17.7 Å². The second-order valence-corrected chi connectivity index (χ2v) is 14.4. The quantitative estimate of drug-likeness (QED) is 0.0363. The smallest absolute Gasteiger partial charge is 0.345 e. The second-order valence-electron chi connectivity index (χ2n) is 12.8. The van der Waals surface area contributed by atoms with Gasteiger partial charge in [-0.15, -0.1) is 0 Å². The number of hydrogen-bond donors (Lipinski definition) is 2. The van der Waals surface area contributed by atoms with E-state index >= 15 is 0 Å². The Morgan fingerprint density at radius 1 is 0.925 bits per heavy atom. The van der Waals surface area contributed by atoms with Crippen LogP contribution in [-0.2, 0) is 26.3 Å². The molecule has 0 unspecified atom stereocenters. The molecule has 6 rings (SSSR count). The average molecular weight is 747 g/mol. The molecule has 0 saturated carbocycles. The van der Waals surface area contributed by atoms with Crippen molar-refractivity contribution in [3.05, 3.63) is 76.9 Å². The number of fused-ring (bicyclic) bond motifs is 3. The molecule has 278 valence electrons. The summed E-state index contributed by atoms with van der Waals surface area (Å²) < 4.78 is 58.5. The number of benzene rings is 3. The fraction of sp³-hybridized carbons (Fsp3) is 0.342. The van der Waals surface area contributed by atoms with E-state index in [1.165, 1.54) is 12.2 Å². The summed E-state index contributed by atoms with van der Waals surface area (Å²) in [6.07, 6.45) is 4.20. The number of nitrogens with zero attached hydrogens (tertiary/aromatic N) is 2. The maximum atomic E-state index is 14.5. The minimum atomic E-state index is -4.23. The lowest BCUT2D eigenvalue weighted by Gasteiger charge is -2.20. The van der Waals surface area contributed by atoms with Crippen LogP contribution in [0.2, 0.25) is 0 Å². The molecule has 3 amide bonds. The van der Waals surface area contributed by atoms with Gasteiger partial charge in [0.05, 0.1) is 34.8 Å². The molecule has 3 heterocycles. The first-order valence-corrected chi connectivity index (χ1v) is 18.9. The number of aryl methyl sites for hydroxylation is 3. The number of aromatic nitrogens is 1. The highest BCUT2D eigenvalue weighted by Crippen LogP contribution is 2.38. The lowest BCUT2D eigenvalue weighted by atomic mass is 10.00. The van der Waals surface area contributed by atoms with E-state index < -0.39 is 39.6 Å². The average Bonchev–Trinajstić information content (AvgIpc) is 3.44. The normalized spacial score (nSPS) is 13.9. The molecule has 4 aromatic rings. The SMILES string of the molecule is CCCCOc1ccc2c(c1)c(C(=O)Oc1c(C)cc(C(=O)NCCN3C(=O)C=CC3=O)cc1C)c1cc3c(cc1[n+]2CCCS(=O)(=O)O)OCCO3. The number of imide groups is 1. The first kappa shape index (κ1) is 37.2. The predicted octanol–water partition coefficient (Wildman–Crippen LogP) is 4.00. The highest BCUT2D eigenvalue weighted by molar-refractivity contribution is 7.85. The van der Waals surface area contributed by atoms with Gasteiger partial charge in [-0.2, -0.15) is 13.0 Å². The summed E-state index contributed by atoms with van der Waals surface area (Å²) in [6.45, 7) is 6.83. The molecule has 0 fully saturated rings. The van der Waals surface area contributed by atoms with Crippen molar-refractivity contribution in [3.8, 4) is 23.0 Å². The van der Waals surface area contributed by atoms with Crippen LogP contribution in [0.25, 0.3) is 21.8 Å². The summed E-state index contributed by atoms with van der Waals surface area (Å²) in [5.74, 6) is -0.786. The van der Waals surface area contributed by atoms with E-state index in [2.05, 4.69) is 12.2 Å². The fourth-order valence-corrected chi connectivity index (χ4v) is 6.93. The summed E-state index contributed by atoms with van der Waals surface area (Å²) in [6, 6.07) is 12.0. The van der Waals surface area contributed by atoms with E-state index in [-0.39, 0.29) is 37.4 Å². The van der Waals surface area contributed by atoms with Crippen molar-refractivity contribution in [1.82, 2.24) is 10.2 Å². The van der Waals surface area contributed by atoms with Gasteiger partial charge in [0.2, 0.25) is 11.0 Å². The van der Waals surface area contributed by atoms with Gasteiger partial charge >= 0.3 is 5.97 Å². The topological polar surface area (TPSA) is 179 Å². The van der Waals surface area contributed by atoms with E-state index in [9.17, 15) is 32.1 Å². The third-order valence-electron chi connectivity index (χ3n) is 8.94. The predicted molar refractivity (Wildman–Crippen MR) is 193 cm³/mol. The van der Waals surface area contributed by atoms with Gasteiger partial charge in [-0.25, -0.2) is 4.79 Å². The van der Waals surface area contributed by atoms with Crippen LogP contribution in [0.5, 0.6) is 23.0 Å². The number of rotatable bonds is 14. The maximum absolute atomic E-state index is 14.5. The van der Waals surface area contributed by atoms with Crippen LogP contribution < -0.4 is 28.8 Å². The highest BCUT2D eigenvalue weighted by atomic mass is 32.2. The molecule has 0 aliphatic carbocycles. The molecule has 0 saturated heterocycles. The number of ether oxygens (including phenoxy) is 4. The molecule has 0 bridgehead atoms. The monoisotopic (exact) mass is 746 g/mol. The Kier molecular flexibility index (Phi) is 11.0. The minimum Gasteiger partial charge on any atom is -0.494 e. The third-order valence-corrected chi connectivity index (χ3v) is 9.75. The molecule has 14 nitrogen and oxygen atoms in total. The number of amides is 3. The molecular weight excluding hydrogens is 706 g/mol. The number of esters is 1. The first-order chi connectivity index (χ1) is 25.3. The number of carbonyl (C=O) groups excluding carboxylic acids is 4. The summed E-state index contributed by atoms with van der Waals surface area (Å²) in [7, 11) is -4.23. The van der Waals surface area contributed by atoms with Crippen molar-refractivity contribution in [2.24, 2.45) is 0 Å². The van der Waals surface area contributed by atoms with Crippen LogP contribution in [-0.4, -0.2) is 80.2 Å². The standard InChI is InChI=1S/C38H39N3O11S/c1-4-5-14-49-26-7-8-29-27(20-26)35(28-21-31-32(51-16-15-50-31)22-30(28)40(29)12-6-17-53(46,47)48)38(45)52-36-23(2)18-25(19-24(36)3)37(44)39-11-13-41-33(42)9-10-34(41)43/h7-10,18-22H,4-6,11-17H2,1-3H3,(H-,39,44,46,47,48)/p+1. The molecule has 2 aliphatic rings. The fourth-order valence-electron chi connectivity index (χ4n) is 6.44. The summed E-state index contributed by atoms with van der Waals surface area (Å²) >= 11 is 0. The van der Waals surface area contributed by atoms with Gasteiger partial charge in [0.15, 0.2) is 18.0 Å². The zero-order valence-corrected chi connectivity index (χ0v) is 30.4. The maximum Gasteiger partial charge on any atom is 0.345 e. The van der Waals surface area contributed by atoms with Crippen molar-refractivity contribution >= 4 is 55.6 Å². The van der Waals surface area contributed by atoms with E-state index in [1.54, 1.807) is 56.3 Å². The number of pyridine rings is 1. The summed E-state index contributed by atoms with van der Waals surface area (Å²) in [4.78, 5) is 52.2. The molecule has 3 aromatic carbocycles. The van der Waals surface area contributed by atoms with Crippen LogP contribution in [0.3, 0.4) is 0 Å². The van der Waals surface area contributed by atoms with Gasteiger partial charge in [-0.3, -0.25) is 23.8 Å². The lowest BCUT2D eigenvalue weighted by molar-refractivity contribution is -0.645. The largest absolute Gasteiger partial charge is 0.494 e. The Hall–Kier alpha value is -5.54. The van der Waals surface area contributed by atoms with Crippen LogP contribution in [0, 0.1) is 13.8 Å². The van der Waals surface area contributed by atoms with Crippen molar-refractivity contribution in [2.75, 3.05) is 38.7 Å². The minimum absolute atomic E-state index is 0.0231. The molecule has 53 heavy (non-hydrogen) atoms. The number of unbranched alkanes of at least 4 members (excludes halogenated alkanes) is 1. The number of nitrogens with one attached hydrogen (secondary N) is 1. The Labute approximate surface area is 306 Å². The van der Waals surface area contributed by atoms with Gasteiger partial charge in [-0.1, -0.05) is 13.3 Å². The molecular formula is C38H40N3O11S+. The molecule has 1 aromatic heterocycles. The highest BCUT2D eigenvalue weighted by Gasteiger charge is 2.30. The molecule has 0 radical (unpaired) electrons. The summed E-state index contributed by atoms with van der Waals surface area (Å²) in [5.41, 5.74) is 2.68. The Balaban J connectivity index is 1.38. The van der Waals surface area contributed by atoms with Crippen molar-refractivity contribution in [2.45, 2.75) is 46.6 Å². The third kappa shape index (κ3) is 8.26. The molecule has 15 heteroatoms. The first-order valence-electron chi connectivity index (χ1n) is 17.3. The van der Waals surface area contributed by atoms with E-state index in [4.69, 9.17) is 18.9 Å². The van der Waals surface area contributed by atoms with Crippen LogP contribution in [0.15, 0.2) is 54.6 Å². The summed E-state index contributed by atoms with van der Waals surface area (Å²) in [5, 5.41) is 3.66. The molecule has 2 N–H and O–H groups in total.